The minimum atomic E-state index is -5.00. The quantitative estimate of drug-likeness (QED) is 0.744. The van der Waals surface area contributed by atoms with Crippen molar-refractivity contribution in [2.24, 2.45) is 0 Å². The van der Waals surface area contributed by atoms with Crippen LogP contribution in [0.5, 0.6) is 5.75 Å². The Kier molecular flexibility index (Phi) is 7.23. The zero-order valence-corrected chi connectivity index (χ0v) is 12.4. The predicted octanol–water partition coefficient (Wildman–Crippen LogP) is 0.763. The molecule has 0 fully saturated rings. The molecule has 0 amide bonds. The van der Waals surface area contributed by atoms with Gasteiger partial charge in [-0.2, -0.15) is 0 Å². The summed E-state index contributed by atoms with van der Waals surface area (Å²) >= 11 is 11.2. The summed E-state index contributed by atoms with van der Waals surface area (Å²) in [6.45, 7) is -6.34. The molecule has 1 nitrogen and oxygen atoms in total. The number of ether oxygens (including phenoxy) is 1. The first-order valence-electron chi connectivity index (χ1n) is 3.68. The number of rotatable bonds is 3. The van der Waals surface area contributed by atoms with Crippen molar-refractivity contribution in [3.05, 3.63) is 28.2 Å². The van der Waals surface area contributed by atoms with Crippen molar-refractivity contribution in [2.45, 2.75) is 0 Å². The molecule has 0 aliphatic carbocycles. The minimum absolute atomic E-state index is 0. The van der Waals surface area contributed by atoms with E-state index >= 15 is 0 Å². The fourth-order valence-corrected chi connectivity index (χ4v) is 1.30. The Morgan fingerprint density at radius 1 is 1.13 bits per heavy atom. The molecule has 0 aromatic heterocycles. The molecule has 78 valence electrons. The van der Waals surface area contributed by atoms with E-state index in [-0.39, 0.29) is 67.2 Å². The molecule has 0 spiro atoms. The van der Waals surface area contributed by atoms with Crippen LogP contribution in [0.15, 0.2) is 18.2 Å². The van der Waals surface area contributed by atoms with Crippen LogP contribution in [0.25, 0.3) is 0 Å². The molecule has 0 radical (unpaired) electrons. The van der Waals surface area contributed by atoms with Crippen LogP contribution in [-0.2, 0) is 0 Å². The van der Waals surface area contributed by atoms with Gasteiger partial charge in [0.15, 0.2) is 5.75 Å². The zero-order valence-electron chi connectivity index (χ0n) is 7.81. The van der Waals surface area contributed by atoms with Crippen molar-refractivity contribution < 1.29 is 69.1 Å². The van der Waals surface area contributed by atoms with E-state index in [9.17, 15) is 12.9 Å². The average molecular weight is 283 g/mol. The maximum Gasteiger partial charge on any atom is 1.00 e. The molecule has 0 saturated carbocycles. The van der Waals surface area contributed by atoms with E-state index < -0.39 is 13.5 Å². The Hall–Kier alpha value is 1.09. The average Bonchev–Trinajstić information content (AvgIpc) is 2.01. The summed E-state index contributed by atoms with van der Waals surface area (Å²) in [6.07, 6.45) is 0. The van der Waals surface area contributed by atoms with Crippen molar-refractivity contribution in [3.63, 3.8) is 0 Å². The van der Waals surface area contributed by atoms with Gasteiger partial charge in [-0.15, -0.1) is 0 Å². The first-order chi connectivity index (χ1) is 6.40. The van der Waals surface area contributed by atoms with Crippen LogP contribution in [-0.4, -0.2) is 13.5 Å². The van der Waals surface area contributed by atoms with Gasteiger partial charge in [0, 0.05) is 0 Å². The summed E-state index contributed by atoms with van der Waals surface area (Å²) in [6, 6.07) is 4.34. The van der Waals surface area contributed by atoms with E-state index in [4.69, 9.17) is 23.2 Å². The van der Waals surface area contributed by atoms with Gasteiger partial charge in [-0.05, 0) is 12.1 Å². The molecule has 0 heterocycles. The number of hydrogen-bond acceptors (Lipinski definition) is 1. The molecule has 0 N–H and O–H groups in total. The smallest absolute Gasteiger partial charge is 0.519 e. The van der Waals surface area contributed by atoms with Crippen molar-refractivity contribution >= 4 is 30.2 Å². The molecular formula is C7H5BCl2F3KO. The molecule has 0 unspecified atom stereocenters. The third-order valence-electron chi connectivity index (χ3n) is 1.34. The summed E-state index contributed by atoms with van der Waals surface area (Å²) in [5.41, 5.74) is 0. The number of halogens is 5. The second-order valence-corrected chi connectivity index (χ2v) is 3.39. The summed E-state index contributed by atoms with van der Waals surface area (Å²) in [7, 11) is 0. The van der Waals surface area contributed by atoms with E-state index in [1.165, 1.54) is 18.2 Å². The van der Waals surface area contributed by atoms with Crippen LogP contribution >= 0.6 is 23.2 Å². The second-order valence-electron chi connectivity index (χ2n) is 2.57. The normalized spacial score (nSPS) is 10.7. The van der Waals surface area contributed by atoms with Crippen molar-refractivity contribution in [3.8, 4) is 5.75 Å². The van der Waals surface area contributed by atoms with Crippen LogP contribution in [0.2, 0.25) is 10.0 Å². The summed E-state index contributed by atoms with van der Waals surface area (Å²) in [4.78, 5) is 0. The van der Waals surface area contributed by atoms with Crippen LogP contribution in [0.4, 0.5) is 12.9 Å². The minimum Gasteiger partial charge on any atom is -0.519 e. The summed E-state index contributed by atoms with van der Waals surface area (Å²) < 4.78 is 40.0. The molecule has 15 heavy (non-hydrogen) atoms. The Labute approximate surface area is 138 Å². The second kappa shape index (κ2) is 6.74. The molecular weight excluding hydrogens is 278 g/mol. The number of benzene rings is 1. The Balaban J connectivity index is 0.00000196. The largest absolute Gasteiger partial charge is 1.00 e. The standard InChI is InChI=1S/C7H5BCl2F3O.K/c9-5-2-1-3-6(10)7(5)14-4-8(11,12)13;/h1-3H,4H2;/q-1;+1. The molecule has 0 bridgehead atoms. The van der Waals surface area contributed by atoms with Crippen molar-refractivity contribution in [2.75, 3.05) is 6.51 Å². The van der Waals surface area contributed by atoms with E-state index in [0.717, 1.165) is 0 Å². The van der Waals surface area contributed by atoms with E-state index in [1.54, 1.807) is 0 Å². The van der Waals surface area contributed by atoms with Gasteiger partial charge in [-0.3, -0.25) is 0 Å². The number of hydrogen-bond donors (Lipinski definition) is 0. The molecule has 0 aliphatic rings. The van der Waals surface area contributed by atoms with Gasteiger partial charge in [0.2, 0.25) is 0 Å². The van der Waals surface area contributed by atoms with Gasteiger partial charge in [0.1, 0.15) is 0 Å². The summed E-state index contributed by atoms with van der Waals surface area (Å²) in [5.74, 6) is -0.130. The molecule has 0 aliphatic heterocycles. The third-order valence-corrected chi connectivity index (χ3v) is 1.93. The maximum atomic E-state index is 11.9. The van der Waals surface area contributed by atoms with Crippen molar-refractivity contribution in [1.82, 2.24) is 0 Å². The molecule has 0 saturated heterocycles. The van der Waals surface area contributed by atoms with Crippen LogP contribution in [0.1, 0.15) is 0 Å². The van der Waals surface area contributed by atoms with E-state index in [1.807, 2.05) is 0 Å². The van der Waals surface area contributed by atoms with Gasteiger partial charge in [0.05, 0.1) is 16.6 Å². The summed E-state index contributed by atoms with van der Waals surface area (Å²) in [5, 5.41) is 0.134. The molecule has 1 aromatic rings. The van der Waals surface area contributed by atoms with Gasteiger partial charge in [0.25, 0.3) is 0 Å². The van der Waals surface area contributed by atoms with Crippen LogP contribution in [0, 0.1) is 0 Å². The van der Waals surface area contributed by atoms with Gasteiger partial charge in [-0.1, -0.05) is 29.3 Å². The van der Waals surface area contributed by atoms with Gasteiger partial charge >= 0.3 is 58.4 Å². The molecule has 1 aromatic carbocycles. The Bertz CT molecular complexity index is 314. The molecule has 8 heteroatoms. The van der Waals surface area contributed by atoms with Crippen LogP contribution in [0.3, 0.4) is 0 Å². The fourth-order valence-electron chi connectivity index (χ4n) is 0.798. The topological polar surface area (TPSA) is 9.23 Å². The van der Waals surface area contributed by atoms with E-state index in [2.05, 4.69) is 4.74 Å². The zero-order chi connectivity index (χ0) is 10.8. The monoisotopic (exact) mass is 282 g/mol. The SMILES string of the molecule is F[B-](F)(F)COc1c(Cl)cccc1Cl.[K+]. The molecule has 1 rings (SSSR count). The Morgan fingerprint density at radius 2 is 1.60 bits per heavy atom. The maximum absolute atomic E-state index is 11.9. The van der Waals surface area contributed by atoms with E-state index in [0.29, 0.717) is 0 Å². The van der Waals surface area contributed by atoms with Gasteiger partial charge in [-0.25, -0.2) is 0 Å². The molecule has 0 atom stereocenters. The predicted molar refractivity (Wildman–Crippen MR) is 51.0 cm³/mol. The first kappa shape index (κ1) is 16.1. The van der Waals surface area contributed by atoms with Gasteiger partial charge < -0.3 is 17.7 Å². The first-order valence-corrected chi connectivity index (χ1v) is 4.43. The van der Waals surface area contributed by atoms with Crippen LogP contribution < -0.4 is 56.1 Å². The number of para-hydroxylation sites is 1. The van der Waals surface area contributed by atoms with Crippen molar-refractivity contribution in [1.29, 1.82) is 0 Å². The third kappa shape index (κ3) is 5.81. The fraction of sp³-hybridized carbons (Fsp3) is 0.143. The Morgan fingerprint density at radius 3 is 2.00 bits per heavy atom.